The molecule has 0 unspecified atom stereocenters. The van der Waals surface area contributed by atoms with E-state index in [1.807, 2.05) is 6.07 Å². The Morgan fingerprint density at radius 1 is 1.52 bits per heavy atom. The minimum Gasteiger partial charge on any atom is -0.464 e. The lowest BCUT2D eigenvalue weighted by atomic mass is 10.1. The Labute approximate surface area is 129 Å². The maximum atomic E-state index is 13.9. The van der Waals surface area contributed by atoms with Crippen LogP contribution in [-0.2, 0) is 4.74 Å². The van der Waals surface area contributed by atoms with Gasteiger partial charge < -0.3 is 15.0 Å². The summed E-state index contributed by atoms with van der Waals surface area (Å²) in [6.45, 7) is 1.51. The zero-order valence-electron chi connectivity index (χ0n) is 12.2. The molecule has 0 fully saturated rings. The van der Waals surface area contributed by atoms with Gasteiger partial charge in [0.15, 0.2) is 5.69 Å². The number of aromatic nitrogens is 1. The van der Waals surface area contributed by atoms with Gasteiger partial charge in [0.2, 0.25) is 5.82 Å². The average molecular weight is 318 g/mol. The number of carbonyl (C=O) groups is 1. The molecule has 2 rings (SSSR count). The minimum atomic E-state index is -1.07. The van der Waals surface area contributed by atoms with E-state index in [1.165, 1.54) is 17.7 Å². The van der Waals surface area contributed by atoms with E-state index in [0.29, 0.717) is 5.56 Å². The number of nitro groups is 1. The molecular formula is C14H11FN4O4. The lowest BCUT2D eigenvalue weighted by molar-refractivity contribution is -0.387. The molecule has 0 aliphatic rings. The van der Waals surface area contributed by atoms with Crippen LogP contribution in [0, 0.1) is 34.2 Å². The third kappa shape index (κ3) is 2.57. The number of benzene rings is 1. The van der Waals surface area contributed by atoms with E-state index in [-0.39, 0.29) is 22.6 Å². The van der Waals surface area contributed by atoms with E-state index < -0.39 is 22.4 Å². The molecule has 2 aromatic rings. The number of methoxy groups -OCH3 is 1. The van der Waals surface area contributed by atoms with Gasteiger partial charge in [0.05, 0.1) is 29.0 Å². The van der Waals surface area contributed by atoms with E-state index in [0.717, 1.165) is 19.2 Å². The van der Waals surface area contributed by atoms with Crippen molar-refractivity contribution >= 4 is 17.3 Å². The number of nitro benzene ring substituents is 1. The van der Waals surface area contributed by atoms with Gasteiger partial charge in [0, 0.05) is 18.3 Å². The molecule has 0 aliphatic carbocycles. The van der Waals surface area contributed by atoms with Crippen molar-refractivity contribution in [1.29, 1.82) is 5.26 Å². The Balaban J connectivity index is 2.77. The molecule has 0 bridgehead atoms. The van der Waals surface area contributed by atoms with Crippen molar-refractivity contribution in [3.05, 3.63) is 51.1 Å². The number of aryl methyl sites for hydroxylation is 1. The first kappa shape index (κ1) is 16.0. The number of nitrogens with zero attached hydrogens (tertiary/aromatic N) is 3. The molecule has 0 saturated heterocycles. The summed E-state index contributed by atoms with van der Waals surface area (Å²) in [5.74, 6) is -1.89. The van der Waals surface area contributed by atoms with Crippen LogP contribution < -0.4 is 5.73 Å². The second kappa shape index (κ2) is 5.76. The van der Waals surface area contributed by atoms with Crippen molar-refractivity contribution in [3.8, 4) is 11.8 Å². The predicted molar refractivity (Wildman–Crippen MR) is 77.6 cm³/mol. The zero-order valence-corrected chi connectivity index (χ0v) is 12.2. The normalized spacial score (nSPS) is 10.2. The number of hydrogen-bond acceptors (Lipinski definition) is 6. The predicted octanol–water partition coefficient (Wildman–Crippen LogP) is 2.07. The number of halogens is 1. The molecule has 2 N–H and O–H groups in total. The smallest absolute Gasteiger partial charge is 0.357 e. The summed E-state index contributed by atoms with van der Waals surface area (Å²) in [7, 11) is 1.13. The van der Waals surface area contributed by atoms with E-state index >= 15 is 0 Å². The Morgan fingerprint density at radius 2 is 2.17 bits per heavy atom. The van der Waals surface area contributed by atoms with Crippen LogP contribution in [0.2, 0.25) is 0 Å². The fourth-order valence-electron chi connectivity index (χ4n) is 2.16. The Morgan fingerprint density at radius 3 is 2.70 bits per heavy atom. The SMILES string of the molecule is COC(=O)c1c(N)c(C#N)cn1-c1cc(F)c([N+](=O)[O-])cc1C. The maximum Gasteiger partial charge on any atom is 0.357 e. The first-order chi connectivity index (χ1) is 10.8. The van der Waals surface area contributed by atoms with Crippen molar-refractivity contribution < 1.29 is 18.8 Å². The molecule has 0 aliphatic heterocycles. The molecule has 0 spiro atoms. The van der Waals surface area contributed by atoms with Crippen LogP contribution >= 0.6 is 0 Å². The van der Waals surface area contributed by atoms with Gasteiger partial charge in [-0.3, -0.25) is 10.1 Å². The van der Waals surface area contributed by atoms with Crippen LogP contribution in [0.4, 0.5) is 15.8 Å². The van der Waals surface area contributed by atoms with Crippen molar-refractivity contribution in [2.45, 2.75) is 6.92 Å². The van der Waals surface area contributed by atoms with Crippen LogP contribution in [0.25, 0.3) is 5.69 Å². The first-order valence-corrected chi connectivity index (χ1v) is 6.26. The van der Waals surface area contributed by atoms with Crippen molar-refractivity contribution in [2.75, 3.05) is 12.8 Å². The quantitative estimate of drug-likeness (QED) is 0.525. The molecule has 1 aromatic carbocycles. The fraction of sp³-hybridized carbons (Fsp3) is 0.143. The summed E-state index contributed by atoms with van der Waals surface area (Å²) < 4.78 is 19.7. The number of hydrogen-bond donors (Lipinski definition) is 1. The Hall–Kier alpha value is -3.41. The van der Waals surface area contributed by atoms with Gasteiger partial charge in [0.1, 0.15) is 6.07 Å². The van der Waals surface area contributed by atoms with Gasteiger partial charge in [-0.05, 0) is 12.5 Å². The van der Waals surface area contributed by atoms with E-state index in [9.17, 15) is 19.3 Å². The average Bonchev–Trinajstić information content (AvgIpc) is 2.84. The summed E-state index contributed by atoms with van der Waals surface area (Å²) in [6.07, 6.45) is 1.25. The third-order valence-corrected chi connectivity index (χ3v) is 3.27. The highest BCUT2D eigenvalue weighted by Gasteiger charge is 2.24. The Bertz CT molecular complexity index is 867. The lowest BCUT2D eigenvalue weighted by Crippen LogP contribution is -2.12. The molecule has 9 heteroatoms. The monoisotopic (exact) mass is 318 g/mol. The highest BCUT2D eigenvalue weighted by Crippen LogP contribution is 2.29. The number of anilines is 1. The van der Waals surface area contributed by atoms with Crippen LogP contribution in [0.15, 0.2) is 18.3 Å². The second-order valence-electron chi connectivity index (χ2n) is 4.63. The highest BCUT2D eigenvalue weighted by molar-refractivity contribution is 5.96. The molecule has 1 aromatic heterocycles. The van der Waals surface area contributed by atoms with Crippen molar-refractivity contribution in [2.24, 2.45) is 0 Å². The van der Waals surface area contributed by atoms with Gasteiger partial charge in [-0.1, -0.05) is 0 Å². The summed E-state index contributed by atoms with van der Waals surface area (Å²) in [6, 6.07) is 3.75. The fourth-order valence-corrected chi connectivity index (χ4v) is 2.16. The maximum absolute atomic E-state index is 13.9. The number of ether oxygens (including phenoxy) is 1. The number of carbonyl (C=O) groups excluding carboxylic acids is 1. The molecule has 1 heterocycles. The second-order valence-corrected chi connectivity index (χ2v) is 4.63. The molecule has 8 nitrogen and oxygen atoms in total. The molecule has 0 atom stereocenters. The van der Waals surface area contributed by atoms with Crippen molar-refractivity contribution in [1.82, 2.24) is 4.57 Å². The topological polar surface area (TPSA) is 124 Å². The summed E-state index contributed by atoms with van der Waals surface area (Å²) in [5.41, 5.74) is 5.26. The lowest BCUT2D eigenvalue weighted by Gasteiger charge is -2.11. The van der Waals surface area contributed by atoms with Gasteiger partial charge in [-0.25, -0.2) is 4.79 Å². The largest absolute Gasteiger partial charge is 0.464 e. The van der Waals surface area contributed by atoms with Gasteiger partial charge >= 0.3 is 11.7 Å². The highest BCUT2D eigenvalue weighted by atomic mass is 19.1. The summed E-state index contributed by atoms with van der Waals surface area (Å²) in [4.78, 5) is 21.8. The third-order valence-electron chi connectivity index (χ3n) is 3.27. The standard InChI is InChI=1S/C14H11FN4O4/c1-7-3-11(19(21)22)9(15)4-10(7)18-6-8(5-16)12(17)13(18)14(20)23-2/h3-4,6H,17H2,1-2H3. The van der Waals surface area contributed by atoms with Crippen molar-refractivity contribution in [3.63, 3.8) is 0 Å². The minimum absolute atomic E-state index is 0.00330. The van der Waals surface area contributed by atoms with Crippen LogP contribution in [0.3, 0.4) is 0 Å². The zero-order chi connectivity index (χ0) is 17.3. The molecule has 0 amide bonds. The summed E-state index contributed by atoms with van der Waals surface area (Å²) >= 11 is 0. The van der Waals surface area contributed by atoms with Gasteiger partial charge in [0.25, 0.3) is 0 Å². The molecule has 0 saturated carbocycles. The van der Waals surface area contributed by atoms with Crippen LogP contribution in [-0.4, -0.2) is 22.6 Å². The molecule has 118 valence electrons. The summed E-state index contributed by atoms with van der Waals surface area (Å²) in [5, 5.41) is 19.8. The van der Waals surface area contributed by atoms with E-state index in [2.05, 4.69) is 4.74 Å². The molecular weight excluding hydrogens is 307 g/mol. The number of esters is 1. The molecule has 23 heavy (non-hydrogen) atoms. The van der Waals surface area contributed by atoms with Crippen LogP contribution in [0.1, 0.15) is 21.6 Å². The van der Waals surface area contributed by atoms with E-state index in [4.69, 9.17) is 11.0 Å². The molecule has 0 radical (unpaired) electrons. The van der Waals surface area contributed by atoms with E-state index in [1.54, 1.807) is 0 Å². The van der Waals surface area contributed by atoms with Gasteiger partial charge in [-0.15, -0.1) is 0 Å². The number of nitrogen functional groups attached to an aromatic ring is 1. The van der Waals surface area contributed by atoms with Gasteiger partial charge in [-0.2, -0.15) is 9.65 Å². The number of nitriles is 1. The number of nitrogens with two attached hydrogens (primary N) is 1. The number of rotatable bonds is 3. The Kier molecular flexibility index (Phi) is 4.00. The first-order valence-electron chi connectivity index (χ1n) is 6.26. The van der Waals surface area contributed by atoms with Crippen LogP contribution in [0.5, 0.6) is 0 Å².